The summed E-state index contributed by atoms with van der Waals surface area (Å²) in [6, 6.07) is 0. The SMILES string of the molecule is C(OCC1CO1)C1CO1.C=C(C)C. The maximum atomic E-state index is 5.23. The highest BCUT2D eigenvalue weighted by Crippen LogP contribution is 2.12. The summed E-state index contributed by atoms with van der Waals surface area (Å²) in [6.45, 7) is 10.8. The van der Waals surface area contributed by atoms with Gasteiger partial charge in [0.2, 0.25) is 0 Å². The van der Waals surface area contributed by atoms with Crippen LogP contribution < -0.4 is 0 Å². The van der Waals surface area contributed by atoms with Gasteiger partial charge in [0.15, 0.2) is 0 Å². The van der Waals surface area contributed by atoms with Gasteiger partial charge in [0.05, 0.1) is 26.4 Å². The Hall–Kier alpha value is -0.380. The second kappa shape index (κ2) is 5.37. The average Bonchev–Trinajstić information content (AvgIpc) is 2.78. The smallest absolute Gasteiger partial charge is 0.104 e. The first-order valence-electron chi connectivity index (χ1n) is 4.61. The van der Waals surface area contributed by atoms with E-state index in [4.69, 9.17) is 14.2 Å². The Morgan fingerprint density at radius 3 is 1.77 bits per heavy atom. The number of allylic oxidation sites excluding steroid dienone is 1. The van der Waals surface area contributed by atoms with Crippen LogP contribution >= 0.6 is 0 Å². The molecular formula is C10H18O3. The van der Waals surface area contributed by atoms with Gasteiger partial charge < -0.3 is 14.2 Å². The highest BCUT2D eigenvalue weighted by atomic mass is 16.6. The van der Waals surface area contributed by atoms with Crippen LogP contribution in [0.15, 0.2) is 12.2 Å². The number of hydrogen-bond donors (Lipinski definition) is 0. The molecule has 0 N–H and O–H groups in total. The number of ether oxygens (including phenoxy) is 3. The van der Waals surface area contributed by atoms with Crippen LogP contribution in [0.2, 0.25) is 0 Å². The highest BCUT2D eigenvalue weighted by molar-refractivity contribution is 4.78. The second-order valence-electron chi connectivity index (χ2n) is 3.66. The Labute approximate surface area is 79.7 Å². The molecule has 2 fully saturated rings. The van der Waals surface area contributed by atoms with Gasteiger partial charge in [-0.2, -0.15) is 0 Å². The zero-order chi connectivity index (χ0) is 9.68. The molecule has 2 atom stereocenters. The molecule has 0 aromatic heterocycles. The van der Waals surface area contributed by atoms with Crippen molar-refractivity contribution < 1.29 is 14.2 Å². The lowest BCUT2D eigenvalue weighted by molar-refractivity contribution is 0.102. The first-order valence-corrected chi connectivity index (χ1v) is 4.61. The third kappa shape index (κ3) is 7.96. The van der Waals surface area contributed by atoms with Crippen molar-refractivity contribution in [2.24, 2.45) is 0 Å². The molecule has 13 heavy (non-hydrogen) atoms. The lowest BCUT2D eigenvalue weighted by Crippen LogP contribution is -2.06. The summed E-state index contributed by atoms with van der Waals surface area (Å²) in [5, 5.41) is 0. The molecule has 0 aromatic carbocycles. The summed E-state index contributed by atoms with van der Waals surface area (Å²) >= 11 is 0. The summed E-state index contributed by atoms with van der Waals surface area (Å²) in [6.07, 6.45) is 0.785. The van der Waals surface area contributed by atoms with E-state index < -0.39 is 0 Å². The quantitative estimate of drug-likeness (QED) is 0.491. The number of hydrogen-bond acceptors (Lipinski definition) is 3. The third-order valence-electron chi connectivity index (χ3n) is 1.41. The molecule has 2 saturated heterocycles. The molecule has 0 radical (unpaired) electrons. The van der Waals surface area contributed by atoms with E-state index >= 15 is 0 Å². The van der Waals surface area contributed by atoms with Crippen LogP contribution in [0.25, 0.3) is 0 Å². The highest BCUT2D eigenvalue weighted by Gasteiger charge is 2.26. The molecule has 0 spiro atoms. The van der Waals surface area contributed by atoms with Crippen LogP contribution in [0, 0.1) is 0 Å². The summed E-state index contributed by atoms with van der Waals surface area (Å²) < 4.78 is 15.1. The van der Waals surface area contributed by atoms with E-state index in [1.807, 2.05) is 13.8 Å². The standard InChI is InChI=1S/C6H10O3.C4H8/c1(5-3-8-5)7-2-6-4-9-6;1-4(2)3/h5-6H,1-4H2;1H2,2-3H3. The summed E-state index contributed by atoms with van der Waals surface area (Å²) in [5.41, 5.74) is 1.17. The number of epoxide rings is 2. The third-order valence-corrected chi connectivity index (χ3v) is 1.41. The molecule has 0 aliphatic carbocycles. The van der Waals surface area contributed by atoms with Crippen LogP contribution in [0.3, 0.4) is 0 Å². The molecule has 2 aliphatic rings. The van der Waals surface area contributed by atoms with E-state index in [9.17, 15) is 0 Å². The van der Waals surface area contributed by atoms with Crippen molar-refractivity contribution in [2.75, 3.05) is 26.4 Å². The average molecular weight is 186 g/mol. The fourth-order valence-corrected chi connectivity index (χ4v) is 0.659. The molecule has 0 bridgehead atoms. The van der Waals surface area contributed by atoms with Gasteiger partial charge in [0, 0.05) is 0 Å². The monoisotopic (exact) mass is 186 g/mol. The van der Waals surface area contributed by atoms with Gasteiger partial charge in [-0.25, -0.2) is 0 Å². The molecule has 2 unspecified atom stereocenters. The Balaban J connectivity index is 0.000000184. The largest absolute Gasteiger partial charge is 0.376 e. The van der Waals surface area contributed by atoms with Crippen molar-refractivity contribution in [3.05, 3.63) is 12.2 Å². The second-order valence-corrected chi connectivity index (χ2v) is 3.66. The van der Waals surface area contributed by atoms with Crippen molar-refractivity contribution in [3.63, 3.8) is 0 Å². The summed E-state index contributed by atoms with van der Waals surface area (Å²) in [7, 11) is 0. The van der Waals surface area contributed by atoms with Crippen LogP contribution in [0.4, 0.5) is 0 Å². The van der Waals surface area contributed by atoms with E-state index in [1.54, 1.807) is 0 Å². The minimum Gasteiger partial charge on any atom is -0.376 e. The molecule has 3 nitrogen and oxygen atoms in total. The first kappa shape index (κ1) is 10.7. The molecule has 2 rings (SSSR count). The van der Waals surface area contributed by atoms with Gasteiger partial charge in [-0.15, -0.1) is 6.58 Å². The minimum atomic E-state index is 0.392. The Bertz CT molecular complexity index is 144. The van der Waals surface area contributed by atoms with Crippen LogP contribution in [0.1, 0.15) is 13.8 Å². The van der Waals surface area contributed by atoms with Crippen LogP contribution in [-0.4, -0.2) is 38.6 Å². The molecule has 0 amide bonds. The van der Waals surface area contributed by atoms with Crippen LogP contribution in [-0.2, 0) is 14.2 Å². The molecule has 0 saturated carbocycles. The Kier molecular flexibility index (Phi) is 4.42. The lowest BCUT2D eigenvalue weighted by Gasteiger charge is -1.95. The van der Waals surface area contributed by atoms with Crippen LogP contribution in [0.5, 0.6) is 0 Å². The van der Waals surface area contributed by atoms with Crippen molar-refractivity contribution in [1.29, 1.82) is 0 Å². The van der Waals surface area contributed by atoms with Gasteiger partial charge in [0.1, 0.15) is 12.2 Å². The Morgan fingerprint density at radius 2 is 1.54 bits per heavy atom. The normalized spacial score (nSPS) is 28.8. The predicted octanol–water partition coefficient (Wildman–Crippen LogP) is 1.38. The molecule has 3 heteroatoms. The van der Waals surface area contributed by atoms with Crippen molar-refractivity contribution >= 4 is 0 Å². The fraction of sp³-hybridized carbons (Fsp3) is 0.800. The van der Waals surface area contributed by atoms with Crippen molar-refractivity contribution in [1.82, 2.24) is 0 Å². The fourth-order valence-electron chi connectivity index (χ4n) is 0.659. The van der Waals surface area contributed by atoms with Crippen molar-refractivity contribution in [2.45, 2.75) is 26.1 Å². The predicted molar refractivity (Wildman–Crippen MR) is 50.8 cm³/mol. The molecule has 2 heterocycles. The molecule has 2 aliphatic heterocycles. The van der Waals surface area contributed by atoms with Crippen molar-refractivity contribution in [3.8, 4) is 0 Å². The topological polar surface area (TPSA) is 34.3 Å². The molecular weight excluding hydrogens is 168 g/mol. The van der Waals surface area contributed by atoms with E-state index in [0.717, 1.165) is 26.4 Å². The van der Waals surface area contributed by atoms with Gasteiger partial charge in [-0.05, 0) is 13.8 Å². The maximum absolute atomic E-state index is 5.23. The van der Waals surface area contributed by atoms with Gasteiger partial charge in [0.25, 0.3) is 0 Å². The zero-order valence-corrected chi connectivity index (χ0v) is 8.41. The van der Waals surface area contributed by atoms with E-state index in [1.165, 1.54) is 5.57 Å². The van der Waals surface area contributed by atoms with E-state index in [2.05, 4.69) is 6.58 Å². The summed E-state index contributed by atoms with van der Waals surface area (Å²) in [5.74, 6) is 0. The minimum absolute atomic E-state index is 0.392. The maximum Gasteiger partial charge on any atom is 0.104 e. The molecule has 0 aromatic rings. The van der Waals surface area contributed by atoms with E-state index in [0.29, 0.717) is 12.2 Å². The lowest BCUT2D eigenvalue weighted by atomic mass is 10.4. The number of rotatable bonds is 4. The Morgan fingerprint density at radius 1 is 1.23 bits per heavy atom. The zero-order valence-electron chi connectivity index (χ0n) is 8.41. The summed E-state index contributed by atoms with van der Waals surface area (Å²) in [4.78, 5) is 0. The van der Waals surface area contributed by atoms with Gasteiger partial charge >= 0.3 is 0 Å². The molecule has 76 valence electrons. The van der Waals surface area contributed by atoms with E-state index in [-0.39, 0.29) is 0 Å². The van der Waals surface area contributed by atoms with Gasteiger partial charge in [-0.1, -0.05) is 5.57 Å². The first-order chi connectivity index (χ1) is 6.18. The van der Waals surface area contributed by atoms with Gasteiger partial charge in [-0.3, -0.25) is 0 Å².